The summed E-state index contributed by atoms with van der Waals surface area (Å²) in [7, 11) is 0. The molecule has 0 bridgehead atoms. The quantitative estimate of drug-likeness (QED) is 0.782. The summed E-state index contributed by atoms with van der Waals surface area (Å²) in [5.41, 5.74) is -1.07. The van der Waals surface area contributed by atoms with Gasteiger partial charge in [-0.15, -0.1) is 11.8 Å². The molecule has 0 radical (unpaired) electrons. The van der Waals surface area contributed by atoms with Gasteiger partial charge in [0.1, 0.15) is 11.2 Å². The first-order valence-corrected chi connectivity index (χ1v) is 7.52. The molecule has 1 saturated heterocycles. The fraction of sp³-hybridized carbons (Fsp3) is 0.500. The van der Waals surface area contributed by atoms with E-state index in [0.717, 1.165) is 30.0 Å². The highest BCUT2D eigenvalue weighted by Crippen LogP contribution is 2.44. The summed E-state index contributed by atoms with van der Waals surface area (Å²) in [6.07, 6.45) is -4.57. The Labute approximate surface area is 124 Å². The van der Waals surface area contributed by atoms with Crippen LogP contribution in [-0.2, 0) is 11.0 Å². The average Bonchev–Trinajstić information content (AvgIpc) is 2.68. The van der Waals surface area contributed by atoms with E-state index in [4.69, 9.17) is 0 Å². The Hall–Kier alpha value is -1.24. The largest absolute Gasteiger partial charge is 0.416 e. The lowest BCUT2D eigenvalue weighted by molar-refractivity contribution is -0.139. The van der Waals surface area contributed by atoms with Crippen molar-refractivity contribution in [2.45, 2.75) is 25.4 Å². The molecule has 1 fully saturated rings. The summed E-state index contributed by atoms with van der Waals surface area (Å²) < 4.78 is 52.7. The van der Waals surface area contributed by atoms with E-state index >= 15 is 0 Å². The first-order valence-electron chi connectivity index (χ1n) is 6.48. The van der Waals surface area contributed by atoms with Crippen LogP contribution >= 0.6 is 11.8 Å². The van der Waals surface area contributed by atoms with Gasteiger partial charge in [0, 0.05) is 6.54 Å². The molecule has 1 aromatic rings. The van der Waals surface area contributed by atoms with Crippen LogP contribution in [0.4, 0.5) is 17.6 Å². The smallest absolute Gasteiger partial charge is 0.326 e. The Bertz CT molecular complexity index is 544. The number of alkyl halides is 3. The van der Waals surface area contributed by atoms with E-state index in [1.54, 1.807) is 0 Å². The normalized spacial score (nSPS) is 19.7. The maximum Gasteiger partial charge on any atom is 0.416 e. The molecule has 1 atom stereocenters. The van der Waals surface area contributed by atoms with Crippen LogP contribution < -0.4 is 0 Å². The molecule has 1 aliphatic rings. The lowest BCUT2D eigenvalue weighted by atomic mass is 10.1. The van der Waals surface area contributed by atoms with Crippen LogP contribution in [0.1, 0.15) is 30.3 Å². The van der Waals surface area contributed by atoms with Gasteiger partial charge in [0.05, 0.1) is 11.3 Å². The minimum Gasteiger partial charge on any atom is -0.326 e. The highest BCUT2D eigenvalue weighted by molar-refractivity contribution is 8.00. The number of hydrogen-bond acceptors (Lipinski definition) is 2. The third-order valence-electron chi connectivity index (χ3n) is 3.12. The maximum atomic E-state index is 13.4. The minimum atomic E-state index is -4.57. The molecular formula is C14H15F4NOS. The van der Waals surface area contributed by atoms with E-state index in [0.29, 0.717) is 6.54 Å². The molecule has 1 amide bonds. The summed E-state index contributed by atoms with van der Waals surface area (Å²) >= 11 is 1.10. The number of benzene rings is 1. The molecule has 1 unspecified atom stereocenters. The van der Waals surface area contributed by atoms with Crippen molar-refractivity contribution < 1.29 is 22.4 Å². The van der Waals surface area contributed by atoms with Crippen LogP contribution in [0.3, 0.4) is 0 Å². The van der Waals surface area contributed by atoms with Gasteiger partial charge >= 0.3 is 6.18 Å². The Morgan fingerprint density at radius 3 is 2.62 bits per heavy atom. The van der Waals surface area contributed by atoms with Gasteiger partial charge in [0.15, 0.2) is 0 Å². The first kappa shape index (κ1) is 16.1. The van der Waals surface area contributed by atoms with Gasteiger partial charge in [0.2, 0.25) is 5.91 Å². The molecule has 0 saturated carbocycles. The van der Waals surface area contributed by atoms with Gasteiger partial charge in [0.25, 0.3) is 0 Å². The number of hydrogen-bond donors (Lipinski definition) is 0. The van der Waals surface area contributed by atoms with Gasteiger partial charge < -0.3 is 4.90 Å². The lowest BCUT2D eigenvalue weighted by Gasteiger charge is -2.28. The molecule has 0 aliphatic carbocycles. The lowest BCUT2D eigenvalue weighted by Crippen LogP contribution is -2.32. The summed E-state index contributed by atoms with van der Waals surface area (Å²) in [5.74, 6) is -0.706. The van der Waals surface area contributed by atoms with E-state index in [9.17, 15) is 22.4 Å². The van der Waals surface area contributed by atoms with Gasteiger partial charge in [-0.2, -0.15) is 13.2 Å². The van der Waals surface area contributed by atoms with E-state index in [1.165, 1.54) is 4.90 Å². The number of halogens is 4. The average molecular weight is 321 g/mol. The highest BCUT2D eigenvalue weighted by Gasteiger charge is 2.40. The van der Waals surface area contributed by atoms with Crippen LogP contribution in [0.5, 0.6) is 0 Å². The van der Waals surface area contributed by atoms with Gasteiger partial charge in [-0.1, -0.05) is 13.8 Å². The van der Waals surface area contributed by atoms with E-state index < -0.39 is 22.9 Å². The molecule has 1 heterocycles. The second kappa shape index (κ2) is 5.87. The molecular weight excluding hydrogens is 306 g/mol. The predicted molar refractivity (Wildman–Crippen MR) is 73.2 cm³/mol. The predicted octanol–water partition coefficient (Wildman–Crippen LogP) is 4.07. The number of amides is 1. The second-order valence-corrected chi connectivity index (χ2v) is 6.40. The standard InChI is InChI=1S/C14H15F4NOS/c1-8(2)6-19-12(20)7-21-13(19)10-5-9(15)3-4-11(10)14(16,17)18/h3-5,8,13H,6-7H2,1-2H3. The summed E-state index contributed by atoms with van der Waals surface area (Å²) in [6.45, 7) is 4.11. The zero-order valence-electron chi connectivity index (χ0n) is 11.6. The van der Waals surface area contributed by atoms with Crippen molar-refractivity contribution in [3.8, 4) is 0 Å². The maximum absolute atomic E-state index is 13.4. The van der Waals surface area contributed by atoms with Crippen molar-refractivity contribution in [3.63, 3.8) is 0 Å². The number of nitrogens with zero attached hydrogens (tertiary/aromatic N) is 1. The van der Waals surface area contributed by atoms with Crippen molar-refractivity contribution in [1.29, 1.82) is 0 Å². The number of thioether (sulfide) groups is 1. The molecule has 1 aliphatic heterocycles. The van der Waals surface area contributed by atoms with Crippen LogP contribution in [0.15, 0.2) is 18.2 Å². The Kier molecular flexibility index (Phi) is 4.51. The third kappa shape index (κ3) is 3.51. The Balaban J connectivity index is 2.44. The molecule has 21 heavy (non-hydrogen) atoms. The summed E-state index contributed by atoms with van der Waals surface area (Å²) in [6, 6.07) is 2.41. The molecule has 2 nitrogen and oxygen atoms in total. The molecule has 116 valence electrons. The van der Waals surface area contributed by atoms with Crippen molar-refractivity contribution in [2.75, 3.05) is 12.3 Å². The third-order valence-corrected chi connectivity index (χ3v) is 4.35. The molecule has 0 N–H and O–H groups in total. The molecule has 7 heteroatoms. The van der Waals surface area contributed by atoms with Gasteiger partial charge in [-0.25, -0.2) is 4.39 Å². The highest BCUT2D eigenvalue weighted by atomic mass is 32.2. The zero-order chi connectivity index (χ0) is 15.8. The number of carbonyl (C=O) groups excluding carboxylic acids is 1. The van der Waals surface area contributed by atoms with Gasteiger partial charge in [-0.3, -0.25) is 4.79 Å². The van der Waals surface area contributed by atoms with Crippen LogP contribution in [-0.4, -0.2) is 23.1 Å². The van der Waals surface area contributed by atoms with Crippen molar-refractivity contribution >= 4 is 17.7 Å². The van der Waals surface area contributed by atoms with Crippen LogP contribution in [0, 0.1) is 11.7 Å². The van der Waals surface area contributed by atoms with E-state index in [2.05, 4.69) is 0 Å². The molecule has 0 spiro atoms. The Morgan fingerprint density at radius 1 is 1.38 bits per heavy atom. The summed E-state index contributed by atoms with van der Waals surface area (Å²) in [5, 5.41) is -0.785. The van der Waals surface area contributed by atoms with E-state index in [1.807, 2.05) is 13.8 Å². The van der Waals surface area contributed by atoms with Crippen LogP contribution in [0.2, 0.25) is 0 Å². The summed E-state index contributed by atoms with van der Waals surface area (Å²) in [4.78, 5) is 13.3. The molecule has 1 aromatic carbocycles. The molecule has 0 aromatic heterocycles. The Morgan fingerprint density at radius 2 is 2.05 bits per heavy atom. The minimum absolute atomic E-state index is 0.116. The SMILES string of the molecule is CC(C)CN1C(=O)CSC1c1cc(F)ccc1C(F)(F)F. The van der Waals surface area contributed by atoms with Crippen molar-refractivity contribution in [1.82, 2.24) is 4.90 Å². The zero-order valence-corrected chi connectivity index (χ0v) is 12.4. The number of rotatable bonds is 3. The second-order valence-electron chi connectivity index (χ2n) is 5.33. The van der Waals surface area contributed by atoms with Crippen LogP contribution in [0.25, 0.3) is 0 Å². The fourth-order valence-electron chi connectivity index (χ4n) is 2.30. The van der Waals surface area contributed by atoms with E-state index in [-0.39, 0.29) is 23.1 Å². The fourth-order valence-corrected chi connectivity index (χ4v) is 3.52. The number of carbonyl (C=O) groups is 1. The monoisotopic (exact) mass is 321 g/mol. The first-order chi connectivity index (χ1) is 9.70. The van der Waals surface area contributed by atoms with Crippen molar-refractivity contribution in [2.24, 2.45) is 5.92 Å². The van der Waals surface area contributed by atoms with Gasteiger partial charge in [-0.05, 0) is 29.7 Å². The molecule has 2 rings (SSSR count). The topological polar surface area (TPSA) is 20.3 Å². The van der Waals surface area contributed by atoms with Crippen molar-refractivity contribution in [3.05, 3.63) is 35.1 Å².